The van der Waals surface area contributed by atoms with Gasteiger partial charge in [0.15, 0.2) is 0 Å². The molecule has 0 aliphatic heterocycles. The monoisotopic (exact) mass is 666 g/mol. The number of allylic oxidation sites excluding steroid dienone is 4. The fourth-order valence-electron chi connectivity index (χ4n) is 7.22. The molecule has 7 nitrogen and oxygen atoms in total. The van der Waals surface area contributed by atoms with E-state index in [4.69, 9.17) is 14.6 Å². The van der Waals surface area contributed by atoms with E-state index in [1.165, 1.54) is 12.1 Å². The Morgan fingerprint density at radius 1 is 0.706 bits per heavy atom. The Balaban J connectivity index is 1.26. The fourth-order valence-corrected chi connectivity index (χ4v) is 7.22. The molecule has 4 aromatic carbocycles. The summed E-state index contributed by atoms with van der Waals surface area (Å²) in [6, 6.07) is 41.3. The first-order valence-electron chi connectivity index (χ1n) is 16.9. The summed E-state index contributed by atoms with van der Waals surface area (Å²) < 4.78 is 24.0. The quantitative estimate of drug-likeness (QED) is 0.162. The Labute approximate surface area is 293 Å². The summed E-state index contributed by atoms with van der Waals surface area (Å²) in [5.74, 6) is 0.598. The van der Waals surface area contributed by atoms with Crippen molar-refractivity contribution in [3.8, 4) is 45.4 Å². The van der Waals surface area contributed by atoms with Crippen molar-refractivity contribution >= 4 is 5.65 Å². The van der Waals surface area contributed by atoms with E-state index < -0.39 is 5.54 Å². The number of hydrogen-bond donors (Lipinski definition) is 0. The van der Waals surface area contributed by atoms with Crippen molar-refractivity contribution in [2.75, 3.05) is 0 Å². The maximum absolute atomic E-state index is 14.3. The van der Waals surface area contributed by atoms with Crippen LogP contribution in [0.2, 0.25) is 0 Å². The van der Waals surface area contributed by atoms with Crippen LogP contribution in [0.4, 0.5) is 4.39 Å². The number of halogens is 1. The zero-order valence-electron chi connectivity index (χ0n) is 27.4. The average molecular weight is 667 g/mol. The van der Waals surface area contributed by atoms with Gasteiger partial charge < -0.3 is 4.52 Å². The van der Waals surface area contributed by atoms with Crippen LogP contribution < -0.4 is 0 Å². The van der Waals surface area contributed by atoms with Crippen molar-refractivity contribution in [3.63, 3.8) is 0 Å². The van der Waals surface area contributed by atoms with Crippen LogP contribution in [-0.2, 0) is 5.54 Å². The highest BCUT2D eigenvalue weighted by Crippen LogP contribution is 2.46. The van der Waals surface area contributed by atoms with Gasteiger partial charge in [-0.15, -0.1) is 0 Å². The summed E-state index contributed by atoms with van der Waals surface area (Å²) in [5.41, 5.74) is 7.09. The number of benzene rings is 4. The normalized spacial score (nSPS) is 14.3. The highest BCUT2D eigenvalue weighted by molar-refractivity contribution is 5.81. The summed E-state index contributed by atoms with van der Waals surface area (Å²) >= 11 is 0. The maximum Gasteiger partial charge on any atom is 0.258 e. The lowest BCUT2D eigenvalue weighted by molar-refractivity contribution is 0.293. The van der Waals surface area contributed by atoms with Crippen LogP contribution in [0.3, 0.4) is 0 Å². The molecule has 4 heterocycles. The van der Waals surface area contributed by atoms with Gasteiger partial charge in [0, 0.05) is 40.6 Å². The number of nitrogens with zero attached hydrogens (tertiary/aromatic N) is 6. The van der Waals surface area contributed by atoms with E-state index in [0.717, 1.165) is 51.1 Å². The molecular formula is C43H31FN6O. The minimum atomic E-state index is -0.709. The highest BCUT2D eigenvalue weighted by Gasteiger charge is 2.44. The molecule has 1 unspecified atom stereocenters. The molecule has 51 heavy (non-hydrogen) atoms. The van der Waals surface area contributed by atoms with Crippen LogP contribution >= 0.6 is 0 Å². The van der Waals surface area contributed by atoms with Crippen LogP contribution in [0, 0.1) is 11.7 Å². The molecule has 1 atom stereocenters. The topological polar surface area (TPSA) is 74.0 Å². The second-order valence-electron chi connectivity index (χ2n) is 12.6. The third kappa shape index (κ3) is 5.29. The molecule has 0 saturated carbocycles. The highest BCUT2D eigenvalue weighted by atomic mass is 19.1. The molecule has 0 bridgehead atoms. The van der Waals surface area contributed by atoms with Crippen LogP contribution in [-0.4, -0.2) is 29.3 Å². The number of aromatic nitrogens is 6. The predicted molar refractivity (Wildman–Crippen MR) is 196 cm³/mol. The molecule has 1 aliphatic carbocycles. The van der Waals surface area contributed by atoms with Crippen LogP contribution in [0.25, 0.3) is 51.0 Å². The van der Waals surface area contributed by atoms with Gasteiger partial charge in [-0.25, -0.2) is 9.37 Å². The molecular weight excluding hydrogens is 636 g/mol. The molecule has 8 heteroatoms. The van der Waals surface area contributed by atoms with Gasteiger partial charge in [0.1, 0.15) is 28.4 Å². The summed E-state index contributed by atoms with van der Waals surface area (Å²) in [6.07, 6.45) is 15.4. The van der Waals surface area contributed by atoms with E-state index >= 15 is 0 Å². The van der Waals surface area contributed by atoms with Crippen molar-refractivity contribution < 1.29 is 8.91 Å². The van der Waals surface area contributed by atoms with Gasteiger partial charge >= 0.3 is 0 Å². The molecule has 246 valence electrons. The van der Waals surface area contributed by atoms with Gasteiger partial charge in [0.2, 0.25) is 5.82 Å². The lowest BCUT2D eigenvalue weighted by Gasteiger charge is -2.41. The number of hydrogen-bond acceptors (Lipinski definition) is 5. The summed E-state index contributed by atoms with van der Waals surface area (Å²) in [7, 11) is 0. The second kappa shape index (κ2) is 12.7. The second-order valence-corrected chi connectivity index (χ2v) is 12.6. The van der Waals surface area contributed by atoms with E-state index in [1.807, 2.05) is 65.2 Å². The predicted octanol–water partition coefficient (Wildman–Crippen LogP) is 9.65. The van der Waals surface area contributed by atoms with Gasteiger partial charge in [-0.05, 0) is 66.1 Å². The van der Waals surface area contributed by atoms with Gasteiger partial charge in [-0.3, -0.25) is 9.08 Å². The third-order valence-corrected chi connectivity index (χ3v) is 9.63. The van der Waals surface area contributed by atoms with Crippen LogP contribution in [0.15, 0.2) is 175 Å². The smallest absolute Gasteiger partial charge is 0.258 e. The number of rotatable bonds is 8. The van der Waals surface area contributed by atoms with Gasteiger partial charge in [0.05, 0.1) is 6.20 Å². The SMILES string of the molecule is Fc1ccc(-c2nn(C(c3ccccc3)(c3ccccc3)C3C=CC=CC3)cc2-c2ccc3ncc(-c4noc(-c5ccccc5)n4)n3c2)cc1. The lowest BCUT2D eigenvalue weighted by atomic mass is 9.70. The molecule has 9 rings (SSSR count). The Morgan fingerprint density at radius 2 is 1.39 bits per heavy atom. The standard InChI is InChI=1S/C43H31FN6O/c44-36-24-21-30(22-25-36)40-37(32-23-26-39-45-27-38(49(39)28-32)41-46-42(51-48-41)31-13-5-1-6-14-31)29-50(47-40)43(33-15-7-2-8-16-33,34-17-9-3-10-18-34)35-19-11-4-12-20-35/h1-19,21-29,35H,20H2. The molecule has 8 aromatic rings. The third-order valence-electron chi connectivity index (χ3n) is 9.63. The number of imidazole rings is 1. The van der Waals surface area contributed by atoms with Crippen molar-refractivity contribution in [3.05, 3.63) is 187 Å². The largest absolute Gasteiger partial charge is 0.334 e. The Kier molecular flexibility index (Phi) is 7.54. The summed E-state index contributed by atoms with van der Waals surface area (Å²) in [6.45, 7) is 0. The van der Waals surface area contributed by atoms with E-state index in [9.17, 15) is 4.39 Å². The van der Waals surface area contributed by atoms with E-state index in [1.54, 1.807) is 18.3 Å². The number of pyridine rings is 1. The fraction of sp³-hybridized carbons (Fsp3) is 0.0698. The molecule has 4 aromatic heterocycles. The van der Waals surface area contributed by atoms with E-state index in [0.29, 0.717) is 17.4 Å². The molecule has 0 fully saturated rings. The first-order chi connectivity index (χ1) is 25.2. The first-order valence-corrected chi connectivity index (χ1v) is 16.9. The molecule has 0 N–H and O–H groups in total. The van der Waals surface area contributed by atoms with Gasteiger partial charge in [-0.1, -0.05) is 108 Å². The lowest BCUT2D eigenvalue weighted by Crippen LogP contribution is -2.43. The molecule has 0 saturated heterocycles. The number of fused-ring (bicyclic) bond motifs is 1. The van der Waals surface area contributed by atoms with Crippen molar-refractivity contribution in [2.24, 2.45) is 5.92 Å². The van der Waals surface area contributed by atoms with Crippen LogP contribution in [0.1, 0.15) is 17.5 Å². The Morgan fingerprint density at radius 3 is 2.08 bits per heavy atom. The van der Waals surface area contributed by atoms with Crippen molar-refractivity contribution in [1.29, 1.82) is 0 Å². The molecule has 0 amide bonds. The molecule has 0 spiro atoms. The zero-order chi connectivity index (χ0) is 34.2. The first kappa shape index (κ1) is 30.4. The van der Waals surface area contributed by atoms with Gasteiger partial charge in [-0.2, -0.15) is 10.1 Å². The van der Waals surface area contributed by atoms with Crippen molar-refractivity contribution in [1.82, 2.24) is 29.3 Å². The average Bonchev–Trinajstić information content (AvgIpc) is 3.96. The van der Waals surface area contributed by atoms with Crippen molar-refractivity contribution in [2.45, 2.75) is 12.0 Å². The summed E-state index contributed by atoms with van der Waals surface area (Å²) in [4.78, 5) is 9.35. The maximum atomic E-state index is 14.3. The summed E-state index contributed by atoms with van der Waals surface area (Å²) in [5, 5.41) is 9.75. The zero-order valence-corrected chi connectivity index (χ0v) is 27.4. The molecule has 1 aliphatic rings. The van der Waals surface area contributed by atoms with E-state index in [2.05, 4.69) is 93.9 Å². The minimum Gasteiger partial charge on any atom is -0.334 e. The van der Waals surface area contributed by atoms with Gasteiger partial charge in [0.25, 0.3) is 5.89 Å². The van der Waals surface area contributed by atoms with E-state index in [-0.39, 0.29) is 11.7 Å². The Bertz CT molecular complexity index is 2480. The molecule has 0 radical (unpaired) electrons. The van der Waals surface area contributed by atoms with Crippen LogP contribution in [0.5, 0.6) is 0 Å². The minimum absolute atomic E-state index is 0.0425. The Hall–Kier alpha value is -6.67.